The fourth-order valence-corrected chi connectivity index (χ4v) is 5.82. The molecule has 0 bridgehead atoms. The largest absolute Gasteiger partial charge is 0.496 e. The summed E-state index contributed by atoms with van der Waals surface area (Å²) in [6.45, 7) is 4.27. The van der Waals surface area contributed by atoms with Crippen LogP contribution >= 0.6 is 11.8 Å². The number of amidine groups is 2. The van der Waals surface area contributed by atoms with Gasteiger partial charge in [-0.05, 0) is 48.7 Å². The van der Waals surface area contributed by atoms with Gasteiger partial charge in [0.15, 0.2) is 5.17 Å². The van der Waals surface area contributed by atoms with Gasteiger partial charge in [0.25, 0.3) is 5.91 Å². The Balaban J connectivity index is 1.32. The van der Waals surface area contributed by atoms with Crippen molar-refractivity contribution < 1.29 is 19.1 Å². The minimum absolute atomic E-state index is 0.112. The van der Waals surface area contributed by atoms with E-state index in [1.54, 1.807) is 7.11 Å². The second-order valence-electron chi connectivity index (χ2n) is 9.90. The van der Waals surface area contributed by atoms with E-state index in [2.05, 4.69) is 22.5 Å². The Kier molecular flexibility index (Phi) is 9.02. The van der Waals surface area contributed by atoms with Gasteiger partial charge in [-0.1, -0.05) is 68.1 Å². The monoisotopic (exact) mass is 583 g/mol. The number of anilines is 1. The number of ether oxygens (including phenoxy) is 1. The molecule has 0 radical (unpaired) electrons. The van der Waals surface area contributed by atoms with E-state index in [0.29, 0.717) is 40.1 Å². The molecule has 3 aromatic rings. The molecular formula is C32H33N5O4S. The zero-order valence-corrected chi connectivity index (χ0v) is 24.6. The van der Waals surface area contributed by atoms with Crippen molar-refractivity contribution in [2.45, 2.75) is 50.9 Å². The summed E-state index contributed by atoms with van der Waals surface area (Å²) in [4.78, 5) is 50.7. The highest BCUT2D eigenvalue weighted by Crippen LogP contribution is 2.36. The summed E-state index contributed by atoms with van der Waals surface area (Å²) in [7, 11) is 1.58. The maximum absolute atomic E-state index is 13.7. The van der Waals surface area contributed by atoms with Crippen molar-refractivity contribution >= 4 is 51.9 Å². The lowest BCUT2D eigenvalue weighted by atomic mass is 10.1. The lowest BCUT2D eigenvalue weighted by molar-refractivity contribution is -0.128. The molecule has 10 heteroatoms. The quantitative estimate of drug-likeness (QED) is 0.346. The number of para-hydroxylation sites is 2. The van der Waals surface area contributed by atoms with E-state index in [4.69, 9.17) is 9.73 Å². The molecule has 0 aromatic heterocycles. The number of aryl methyl sites for hydroxylation is 1. The van der Waals surface area contributed by atoms with Crippen molar-refractivity contribution in [2.75, 3.05) is 12.4 Å². The maximum Gasteiger partial charge on any atom is 0.259 e. The number of benzene rings is 3. The molecule has 2 aliphatic rings. The molecule has 0 unspecified atom stereocenters. The van der Waals surface area contributed by atoms with Gasteiger partial charge in [0.1, 0.15) is 17.6 Å². The molecule has 2 aliphatic heterocycles. The van der Waals surface area contributed by atoms with Crippen molar-refractivity contribution in [2.24, 2.45) is 9.98 Å². The van der Waals surface area contributed by atoms with E-state index in [1.165, 1.54) is 22.2 Å². The second-order valence-corrected chi connectivity index (χ2v) is 11.1. The van der Waals surface area contributed by atoms with Crippen molar-refractivity contribution in [1.29, 1.82) is 0 Å². The molecule has 3 amide bonds. The van der Waals surface area contributed by atoms with Crippen LogP contribution in [0, 0.1) is 0 Å². The highest BCUT2D eigenvalue weighted by molar-refractivity contribution is 8.15. The summed E-state index contributed by atoms with van der Waals surface area (Å²) >= 11 is 1.22. The fraction of sp³-hybridized carbons (Fsp3) is 0.281. The lowest BCUT2D eigenvalue weighted by Crippen LogP contribution is -2.43. The first-order valence-corrected chi connectivity index (χ1v) is 14.8. The number of aliphatic imine (C=N–C) groups is 2. The molecule has 2 atom stereocenters. The van der Waals surface area contributed by atoms with E-state index in [-0.39, 0.29) is 30.7 Å². The van der Waals surface area contributed by atoms with Gasteiger partial charge < -0.3 is 15.4 Å². The number of carbonyl (C=O) groups is 3. The van der Waals surface area contributed by atoms with Crippen LogP contribution in [0.25, 0.3) is 0 Å². The number of rotatable bonds is 10. The van der Waals surface area contributed by atoms with Crippen molar-refractivity contribution in [1.82, 2.24) is 10.2 Å². The summed E-state index contributed by atoms with van der Waals surface area (Å²) in [5.74, 6) is 0.298. The minimum atomic E-state index is -0.902. The van der Waals surface area contributed by atoms with Gasteiger partial charge in [0.05, 0.1) is 24.5 Å². The predicted octanol–water partition coefficient (Wildman–Crippen LogP) is 5.07. The highest BCUT2D eigenvalue weighted by Gasteiger charge is 2.43. The van der Waals surface area contributed by atoms with Crippen LogP contribution in [0.5, 0.6) is 5.75 Å². The Labute approximate surface area is 249 Å². The Bertz CT molecular complexity index is 1550. The van der Waals surface area contributed by atoms with Gasteiger partial charge in [-0.3, -0.25) is 19.4 Å². The third-order valence-electron chi connectivity index (χ3n) is 7.14. The number of carbonyl (C=O) groups excluding carboxylic acids is 3. The zero-order chi connectivity index (χ0) is 29.6. The van der Waals surface area contributed by atoms with Crippen molar-refractivity contribution in [3.63, 3.8) is 0 Å². The van der Waals surface area contributed by atoms with Crippen LogP contribution in [0.2, 0.25) is 0 Å². The summed E-state index contributed by atoms with van der Waals surface area (Å²) in [6, 6.07) is 21.7. The van der Waals surface area contributed by atoms with Gasteiger partial charge in [0, 0.05) is 23.4 Å². The zero-order valence-electron chi connectivity index (χ0n) is 23.8. The van der Waals surface area contributed by atoms with Crippen LogP contribution in [0.15, 0.2) is 82.8 Å². The Morgan fingerprint density at radius 2 is 1.76 bits per heavy atom. The van der Waals surface area contributed by atoms with Crippen LogP contribution < -0.4 is 15.4 Å². The smallest absolute Gasteiger partial charge is 0.259 e. The van der Waals surface area contributed by atoms with Gasteiger partial charge in [0.2, 0.25) is 11.8 Å². The lowest BCUT2D eigenvalue weighted by Gasteiger charge is -2.27. The normalized spacial score (nSPS) is 16.1. The second kappa shape index (κ2) is 13.0. The molecule has 0 aliphatic carbocycles. The molecule has 5 rings (SSSR count). The minimum Gasteiger partial charge on any atom is -0.496 e. The Morgan fingerprint density at radius 3 is 2.50 bits per heavy atom. The Hall–Kier alpha value is -4.44. The number of nitrogens with zero attached hydrogens (tertiary/aromatic N) is 3. The highest BCUT2D eigenvalue weighted by atomic mass is 32.2. The topological polar surface area (TPSA) is 112 Å². The molecule has 2 heterocycles. The number of fused-ring (bicyclic) bond motifs is 3. The van der Waals surface area contributed by atoms with E-state index in [1.807, 2.05) is 79.7 Å². The maximum atomic E-state index is 13.7. The molecular weight excluding hydrogens is 550 g/mol. The molecule has 3 aromatic carbocycles. The number of nitrogens with one attached hydrogen (secondary N) is 2. The van der Waals surface area contributed by atoms with Crippen LogP contribution in [-0.4, -0.2) is 52.0 Å². The first-order chi connectivity index (χ1) is 20.4. The first kappa shape index (κ1) is 29.1. The molecule has 42 heavy (non-hydrogen) atoms. The van der Waals surface area contributed by atoms with E-state index in [9.17, 15) is 14.4 Å². The predicted molar refractivity (Wildman–Crippen MR) is 166 cm³/mol. The van der Waals surface area contributed by atoms with E-state index < -0.39 is 11.3 Å². The van der Waals surface area contributed by atoms with Gasteiger partial charge >= 0.3 is 0 Å². The Morgan fingerprint density at radius 1 is 1.02 bits per heavy atom. The van der Waals surface area contributed by atoms with E-state index in [0.717, 1.165) is 12.0 Å². The fourth-order valence-electron chi connectivity index (χ4n) is 4.80. The standard InChI is InChI=1S/C32H33N5O4S/c1-4-20-14-16-22(17-15-20)34-30(39)27(5-2)42-32-36-24-12-8-7-11-23(24)29-35-25(31(40)37(29)32)18-28(38)33-19-21-10-6-9-13-26(21)41-3/h6-17,25,27H,4-5,18-19H2,1-3H3,(H,33,38)(H,34,39)/t25-,27+/m1/s1. The molecule has 0 saturated heterocycles. The van der Waals surface area contributed by atoms with Crippen molar-refractivity contribution in [3.05, 3.63) is 89.5 Å². The molecule has 0 fully saturated rings. The summed E-state index contributed by atoms with van der Waals surface area (Å²) in [5.41, 5.74) is 4.10. The molecule has 9 nitrogen and oxygen atoms in total. The van der Waals surface area contributed by atoms with Crippen molar-refractivity contribution in [3.8, 4) is 5.75 Å². The third kappa shape index (κ3) is 6.23. The number of methoxy groups -OCH3 is 1. The average molecular weight is 584 g/mol. The van der Waals surface area contributed by atoms with Crippen LogP contribution in [0.3, 0.4) is 0 Å². The van der Waals surface area contributed by atoms with E-state index >= 15 is 0 Å². The SMILES string of the molecule is CCc1ccc(NC(=O)[C@H](CC)SC2=Nc3ccccc3C3=N[C@H](CC(=O)NCc4ccccc4OC)C(=O)N23)cc1. The first-order valence-electron chi connectivity index (χ1n) is 14.0. The molecule has 0 saturated carbocycles. The van der Waals surface area contributed by atoms with Gasteiger partial charge in [-0.25, -0.2) is 9.89 Å². The molecule has 2 N–H and O–H groups in total. The molecule has 0 spiro atoms. The van der Waals surface area contributed by atoms with Gasteiger partial charge in [-0.15, -0.1) is 0 Å². The summed E-state index contributed by atoms with van der Waals surface area (Å²) in [6.07, 6.45) is 1.33. The summed E-state index contributed by atoms with van der Waals surface area (Å²) < 4.78 is 5.36. The third-order valence-corrected chi connectivity index (χ3v) is 8.45. The van der Waals surface area contributed by atoms with Crippen LogP contribution in [0.4, 0.5) is 11.4 Å². The number of amides is 3. The van der Waals surface area contributed by atoms with Crippen LogP contribution in [0.1, 0.15) is 43.4 Å². The summed E-state index contributed by atoms with van der Waals surface area (Å²) in [5, 5.41) is 5.73. The van der Waals surface area contributed by atoms with Gasteiger partial charge in [-0.2, -0.15) is 0 Å². The molecule has 216 valence electrons. The van der Waals surface area contributed by atoms with Crippen LogP contribution in [-0.2, 0) is 27.3 Å². The number of hydrogen-bond acceptors (Lipinski definition) is 7. The number of hydrogen-bond donors (Lipinski definition) is 2. The number of thioether (sulfide) groups is 1. The average Bonchev–Trinajstić information content (AvgIpc) is 3.34.